The topological polar surface area (TPSA) is 82.0 Å². The van der Waals surface area contributed by atoms with Crippen molar-refractivity contribution in [1.82, 2.24) is 9.13 Å². The highest BCUT2D eigenvalue weighted by Gasteiger charge is 2.25. The second kappa shape index (κ2) is 5.08. The van der Waals surface area contributed by atoms with E-state index in [2.05, 4.69) is 5.32 Å². The van der Waals surface area contributed by atoms with Crippen LogP contribution in [0.15, 0.2) is 35.4 Å². The highest BCUT2D eigenvalue weighted by atomic mass is 19.1. The van der Waals surface area contributed by atoms with Crippen molar-refractivity contribution in [2.75, 3.05) is 11.1 Å². The van der Waals surface area contributed by atoms with Crippen LogP contribution < -0.4 is 16.7 Å². The number of nitrogens with zero attached hydrogens (tertiary/aromatic N) is 2. The van der Waals surface area contributed by atoms with Crippen LogP contribution in [0, 0.1) is 5.82 Å². The largest absolute Gasteiger partial charge is 0.397 e. The number of nitrogen functional groups attached to an aromatic ring is 1. The number of carbonyl (C=O) groups excluding carboxylic acids is 1. The Hall–Kier alpha value is -2.57. The summed E-state index contributed by atoms with van der Waals surface area (Å²) in [5.74, 6) is -0.854. The zero-order valence-corrected chi connectivity index (χ0v) is 11.3. The summed E-state index contributed by atoms with van der Waals surface area (Å²) in [6, 6.07) is 4.00. The van der Waals surface area contributed by atoms with E-state index in [0.717, 1.165) is 18.9 Å². The number of nitrogens with one attached hydrogen (secondary N) is 1. The standard InChI is InChI=1S/C14H15FN4O2/c15-9-1-4-12(11(16)7-9)17-13(20)8-18-5-6-19(14(18)21)10-2-3-10/h1,4-7,10H,2-3,8,16H2,(H,17,20). The van der Waals surface area contributed by atoms with Gasteiger partial charge in [0, 0.05) is 18.4 Å². The van der Waals surface area contributed by atoms with Gasteiger partial charge in [0.15, 0.2) is 0 Å². The van der Waals surface area contributed by atoms with E-state index in [4.69, 9.17) is 5.73 Å². The van der Waals surface area contributed by atoms with Crippen LogP contribution in [0.1, 0.15) is 18.9 Å². The maximum atomic E-state index is 12.9. The average molecular weight is 290 g/mol. The summed E-state index contributed by atoms with van der Waals surface area (Å²) in [5.41, 5.74) is 5.90. The van der Waals surface area contributed by atoms with E-state index in [9.17, 15) is 14.0 Å². The van der Waals surface area contributed by atoms with Crippen LogP contribution in [0.25, 0.3) is 0 Å². The average Bonchev–Trinajstić information content (AvgIpc) is 3.20. The van der Waals surface area contributed by atoms with Crippen molar-refractivity contribution in [2.24, 2.45) is 0 Å². The van der Waals surface area contributed by atoms with Gasteiger partial charge in [-0.15, -0.1) is 0 Å². The van der Waals surface area contributed by atoms with Crippen LogP contribution in [-0.2, 0) is 11.3 Å². The third-order valence-corrected chi connectivity index (χ3v) is 3.42. The van der Waals surface area contributed by atoms with Crippen molar-refractivity contribution in [3.05, 3.63) is 46.9 Å². The summed E-state index contributed by atoms with van der Waals surface area (Å²) in [5, 5.41) is 2.57. The number of amides is 1. The maximum absolute atomic E-state index is 12.9. The monoisotopic (exact) mass is 290 g/mol. The van der Waals surface area contributed by atoms with Gasteiger partial charge in [-0.05, 0) is 31.0 Å². The van der Waals surface area contributed by atoms with Crippen LogP contribution in [0.4, 0.5) is 15.8 Å². The Morgan fingerprint density at radius 1 is 1.38 bits per heavy atom. The molecule has 1 aromatic carbocycles. The first-order valence-corrected chi connectivity index (χ1v) is 6.67. The lowest BCUT2D eigenvalue weighted by molar-refractivity contribution is -0.116. The van der Waals surface area contributed by atoms with E-state index in [-0.39, 0.29) is 29.9 Å². The summed E-state index contributed by atoms with van der Waals surface area (Å²) in [4.78, 5) is 24.0. The summed E-state index contributed by atoms with van der Waals surface area (Å²) in [7, 11) is 0. The summed E-state index contributed by atoms with van der Waals surface area (Å²) in [6.45, 7) is -0.102. The zero-order valence-electron chi connectivity index (χ0n) is 11.3. The Morgan fingerprint density at radius 3 is 2.81 bits per heavy atom. The minimum Gasteiger partial charge on any atom is -0.397 e. The molecule has 2 aromatic rings. The van der Waals surface area contributed by atoms with Crippen molar-refractivity contribution in [1.29, 1.82) is 0 Å². The SMILES string of the molecule is Nc1cc(F)ccc1NC(=O)Cn1ccn(C2CC2)c1=O. The maximum Gasteiger partial charge on any atom is 0.328 e. The third-order valence-electron chi connectivity index (χ3n) is 3.42. The highest BCUT2D eigenvalue weighted by Crippen LogP contribution is 2.33. The lowest BCUT2D eigenvalue weighted by atomic mass is 10.2. The third kappa shape index (κ3) is 2.81. The number of anilines is 2. The molecule has 3 rings (SSSR count). The van der Waals surface area contributed by atoms with Gasteiger partial charge in [-0.25, -0.2) is 9.18 Å². The van der Waals surface area contributed by atoms with Crippen molar-refractivity contribution in [3.8, 4) is 0 Å². The van der Waals surface area contributed by atoms with Crippen LogP contribution in [0.5, 0.6) is 0 Å². The first-order valence-electron chi connectivity index (χ1n) is 6.67. The quantitative estimate of drug-likeness (QED) is 0.834. The molecule has 0 saturated heterocycles. The zero-order chi connectivity index (χ0) is 15.0. The van der Waals surface area contributed by atoms with Crippen LogP contribution in [0.2, 0.25) is 0 Å². The molecule has 21 heavy (non-hydrogen) atoms. The Kier molecular flexibility index (Phi) is 3.25. The number of benzene rings is 1. The Balaban J connectivity index is 1.70. The van der Waals surface area contributed by atoms with E-state index in [1.54, 1.807) is 17.0 Å². The second-order valence-electron chi connectivity index (χ2n) is 5.13. The molecular formula is C14H15FN4O2. The van der Waals surface area contributed by atoms with Gasteiger partial charge in [-0.1, -0.05) is 0 Å². The molecule has 1 saturated carbocycles. The fourth-order valence-electron chi connectivity index (χ4n) is 2.17. The number of nitrogens with two attached hydrogens (primary N) is 1. The summed E-state index contributed by atoms with van der Waals surface area (Å²) in [6.07, 6.45) is 5.29. The van der Waals surface area contributed by atoms with E-state index in [1.807, 2.05) is 0 Å². The molecule has 7 heteroatoms. The molecule has 1 amide bonds. The Morgan fingerprint density at radius 2 is 2.14 bits per heavy atom. The molecule has 110 valence electrons. The molecule has 0 spiro atoms. The minimum absolute atomic E-state index is 0.102. The fraction of sp³-hybridized carbons (Fsp3) is 0.286. The predicted octanol–water partition coefficient (Wildman–Crippen LogP) is 1.34. The Bertz CT molecular complexity index is 746. The molecule has 3 N–H and O–H groups in total. The normalized spacial score (nSPS) is 14.1. The van der Waals surface area contributed by atoms with E-state index >= 15 is 0 Å². The number of carbonyl (C=O) groups is 1. The molecule has 0 radical (unpaired) electrons. The molecule has 1 fully saturated rings. The minimum atomic E-state index is -0.469. The summed E-state index contributed by atoms with van der Waals surface area (Å²) >= 11 is 0. The van der Waals surface area contributed by atoms with Crippen molar-refractivity contribution in [2.45, 2.75) is 25.4 Å². The van der Waals surface area contributed by atoms with Gasteiger partial charge in [0.1, 0.15) is 12.4 Å². The van der Waals surface area contributed by atoms with Gasteiger partial charge in [0.05, 0.1) is 11.4 Å². The molecule has 1 aliphatic rings. The number of halogens is 1. The van der Waals surface area contributed by atoms with Crippen LogP contribution in [0.3, 0.4) is 0 Å². The first-order chi connectivity index (χ1) is 10.0. The lowest BCUT2D eigenvalue weighted by Gasteiger charge is -2.08. The molecule has 1 heterocycles. The van der Waals surface area contributed by atoms with Crippen molar-refractivity contribution >= 4 is 17.3 Å². The smallest absolute Gasteiger partial charge is 0.328 e. The first kappa shape index (κ1) is 13.4. The van der Waals surface area contributed by atoms with Gasteiger partial charge in [0.2, 0.25) is 5.91 Å². The van der Waals surface area contributed by atoms with Gasteiger partial charge < -0.3 is 11.1 Å². The summed E-state index contributed by atoms with van der Waals surface area (Å²) < 4.78 is 15.9. The predicted molar refractivity (Wildman–Crippen MR) is 76.4 cm³/mol. The lowest BCUT2D eigenvalue weighted by Crippen LogP contribution is -2.29. The molecule has 1 aliphatic carbocycles. The number of aromatic nitrogens is 2. The van der Waals surface area contributed by atoms with Crippen molar-refractivity contribution in [3.63, 3.8) is 0 Å². The number of hydrogen-bond donors (Lipinski definition) is 2. The van der Waals surface area contributed by atoms with Gasteiger partial charge in [-0.2, -0.15) is 0 Å². The van der Waals surface area contributed by atoms with Gasteiger partial charge in [-0.3, -0.25) is 13.9 Å². The molecule has 0 unspecified atom stereocenters. The molecule has 0 aliphatic heterocycles. The molecular weight excluding hydrogens is 275 g/mol. The second-order valence-corrected chi connectivity index (χ2v) is 5.13. The molecule has 0 bridgehead atoms. The Labute approximate surface area is 120 Å². The fourth-order valence-corrected chi connectivity index (χ4v) is 2.17. The number of imidazole rings is 1. The van der Waals surface area contributed by atoms with E-state index in [0.29, 0.717) is 5.69 Å². The molecule has 0 atom stereocenters. The molecule has 1 aromatic heterocycles. The van der Waals surface area contributed by atoms with Crippen LogP contribution in [-0.4, -0.2) is 15.0 Å². The molecule has 6 nitrogen and oxygen atoms in total. The van der Waals surface area contributed by atoms with Gasteiger partial charge in [0.25, 0.3) is 0 Å². The van der Waals surface area contributed by atoms with Crippen LogP contribution >= 0.6 is 0 Å². The van der Waals surface area contributed by atoms with E-state index < -0.39 is 5.82 Å². The van der Waals surface area contributed by atoms with Gasteiger partial charge >= 0.3 is 5.69 Å². The highest BCUT2D eigenvalue weighted by molar-refractivity contribution is 5.93. The number of rotatable bonds is 4. The number of hydrogen-bond acceptors (Lipinski definition) is 3. The van der Waals surface area contributed by atoms with E-state index in [1.165, 1.54) is 16.7 Å². The van der Waals surface area contributed by atoms with Crippen molar-refractivity contribution < 1.29 is 9.18 Å².